The number of hydrogen-bond donors (Lipinski definition) is 3. The van der Waals surface area contributed by atoms with Gasteiger partial charge in [0.25, 0.3) is 0 Å². The third-order valence-corrected chi connectivity index (χ3v) is 3.49. The predicted molar refractivity (Wildman–Crippen MR) is 101 cm³/mol. The van der Waals surface area contributed by atoms with Crippen molar-refractivity contribution in [2.45, 2.75) is 0 Å². The summed E-state index contributed by atoms with van der Waals surface area (Å²) in [4.78, 5) is 19.5. The van der Waals surface area contributed by atoms with E-state index in [9.17, 15) is 4.79 Å². The summed E-state index contributed by atoms with van der Waals surface area (Å²) in [5.41, 5.74) is 1.51. The van der Waals surface area contributed by atoms with Gasteiger partial charge >= 0.3 is 5.97 Å². The first kappa shape index (κ1) is 18.5. The molecule has 0 radical (unpaired) electrons. The van der Waals surface area contributed by atoms with Gasteiger partial charge in [-0.25, -0.2) is 9.78 Å². The largest absolute Gasteiger partial charge is 0.478 e. The Balaban J connectivity index is 0.00000225. The minimum atomic E-state index is -0.992. The number of nitrogens with one attached hydrogen (secondary N) is 2. The Bertz CT molecular complexity index is 890. The fraction of sp³-hybridized carbons (Fsp3) is 0. The van der Waals surface area contributed by atoms with Gasteiger partial charge in [-0.2, -0.15) is 4.98 Å². The highest BCUT2D eigenvalue weighted by Gasteiger charge is 2.06. The van der Waals surface area contributed by atoms with Crippen LogP contribution < -0.4 is 10.6 Å². The molecule has 0 fully saturated rings. The lowest BCUT2D eigenvalue weighted by Gasteiger charge is -2.09. The van der Waals surface area contributed by atoms with Crippen LogP contribution in [0.25, 0.3) is 0 Å². The minimum absolute atomic E-state index is 0. The lowest BCUT2D eigenvalue weighted by atomic mass is 10.2. The van der Waals surface area contributed by atoms with E-state index >= 15 is 0 Å². The molecule has 6 nitrogen and oxygen atoms in total. The second-order valence-corrected chi connectivity index (χ2v) is 5.29. The number of rotatable bonds is 5. The van der Waals surface area contributed by atoms with Crippen LogP contribution in [0.2, 0.25) is 5.02 Å². The number of para-hydroxylation sites is 1. The molecule has 3 N–H and O–H groups in total. The van der Waals surface area contributed by atoms with Gasteiger partial charge in [-0.3, -0.25) is 0 Å². The van der Waals surface area contributed by atoms with E-state index < -0.39 is 5.97 Å². The Labute approximate surface area is 155 Å². The molecule has 0 unspecified atom stereocenters. The number of hydrogen-bond acceptors (Lipinski definition) is 5. The molecule has 0 aliphatic carbocycles. The molecule has 3 rings (SSSR count). The highest BCUT2D eigenvalue weighted by molar-refractivity contribution is 6.33. The van der Waals surface area contributed by atoms with Crippen LogP contribution in [-0.4, -0.2) is 21.0 Å². The van der Waals surface area contributed by atoms with Crippen LogP contribution in [0.1, 0.15) is 10.4 Å². The lowest BCUT2D eigenvalue weighted by molar-refractivity contribution is 0.0697. The van der Waals surface area contributed by atoms with E-state index in [1.807, 2.05) is 18.2 Å². The summed E-state index contributed by atoms with van der Waals surface area (Å²) in [7, 11) is 0. The average molecular weight is 377 g/mol. The van der Waals surface area contributed by atoms with Crippen molar-refractivity contribution in [3.63, 3.8) is 0 Å². The van der Waals surface area contributed by atoms with Gasteiger partial charge in [0, 0.05) is 11.9 Å². The minimum Gasteiger partial charge on any atom is -0.478 e. The van der Waals surface area contributed by atoms with Crippen molar-refractivity contribution in [2.24, 2.45) is 0 Å². The quantitative estimate of drug-likeness (QED) is 0.596. The standard InChI is InChI=1S/C17H13ClN4O2.ClH/c18-13-6-1-2-7-14(13)21-15-8-9-19-17(22-15)20-12-5-3-4-11(10-12)16(23)24;/h1-10H,(H,23,24)(H2,19,20,21,22);1H. The van der Waals surface area contributed by atoms with E-state index in [4.69, 9.17) is 16.7 Å². The number of nitrogens with zero attached hydrogens (tertiary/aromatic N) is 2. The number of aromatic nitrogens is 2. The van der Waals surface area contributed by atoms with Crippen LogP contribution in [-0.2, 0) is 0 Å². The second-order valence-electron chi connectivity index (χ2n) is 4.88. The lowest BCUT2D eigenvalue weighted by Crippen LogP contribution is -2.02. The van der Waals surface area contributed by atoms with E-state index in [0.29, 0.717) is 22.5 Å². The summed E-state index contributed by atoms with van der Waals surface area (Å²) >= 11 is 6.11. The van der Waals surface area contributed by atoms with Crippen molar-refractivity contribution in [1.29, 1.82) is 0 Å². The molecule has 25 heavy (non-hydrogen) atoms. The fourth-order valence-corrected chi connectivity index (χ4v) is 2.23. The number of aromatic carboxylic acids is 1. The number of carboxylic acids is 1. The number of anilines is 4. The maximum absolute atomic E-state index is 11.0. The Morgan fingerprint density at radius 3 is 2.60 bits per heavy atom. The first-order valence-corrected chi connectivity index (χ1v) is 7.44. The van der Waals surface area contributed by atoms with Crippen LogP contribution in [0.15, 0.2) is 60.8 Å². The first-order chi connectivity index (χ1) is 11.6. The second kappa shape index (κ2) is 8.32. The number of carbonyl (C=O) groups is 1. The fourth-order valence-electron chi connectivity index (χ4n) is 2.05. The molecule has 2 aromatic carbocycles. The zero-order chi connectivity index (χ0) is 16.9. The van der Waals surface area contributed by atoms with Gasteiger partial charge in [0.2, 0.25) is 5.95 Å². The Morgan fingerprint density at radius 2 is 1.84 bits per heavy atom. The molecule has 0 aliphatic rings. The maximum atomic E-state index is 11.0. The number of halogens is 2. The predicted octanol–water partition coefficient (Wildman–Crippen LogP) is 4.74. The molecule has 8 heteroatoms. The molecular formula is C17H14Cl2N4O2. The first-order valence-electron chi connectivity index (χ1n) is 7.07. The molecule has 0 spiro atoms. The number of benzene rings is 2. The van der Waals surface area contributed by atoms with Crippen molar-refractivity contribution in [3.8, 4) is 0 Å². The summed E-state index contributed by atoms with van der Waals surface area (Å²) in [6, 6.07) is 15.5. The van der Waals surface area contributed by atoms with Crippen LogP contribution in [0.5, 0.6) is 0 Å². The van der Waals surface area contributed by atoms with Crippen LogP contribution in [0, 0.1) is 0 Å². The molecule has 128 valence electrons. The summed E-state index contributed by atoms with van der Waals surface area (Å²) in [5.74, 6) is -0.0849. The van der Waals surface area contributed by atoms with E-state index in [-0.39, 0.29) is 18.0 Å². The molecule has 0 bridgehead atoms. The van der Waals surface area contributed by atoms with E-state index in [1.165, 1.54) is 12.1 Å². The van der Waals surface area contributed by atoms with E-state index in [0.717, 1.165) is 5.69 Å². The summed E-state index contributed by atoms with van der Waals surface area (Å²) in [6.07, 6.45) is 1.59. The topological polar surface area (TPSA) is 87.1 Å². The Morgan fingerprint density at radius 1 is 1.04 bits per heavy atom. The van der Waals surface area contributed by atoms with Gasteiger partial charge in [-0.1, -0.05) is 29.8 Å². The highest BCUT2D eigenvalue weighted by atomic mass is 35.5. The molecule has 0 amide bonds. The normalized spacial score (nSPS) is 9.80. The third-order valence-electron chi connectivity index (χ3n) is 3.16. The van der Waals surface area contributed by atoms with Gasteiger partial charge in [0.15, 0.2) is 0 Å². The summed E-state index contributed by atoms with van der Waals surface area (Å²) in [6.45, 7) is 0. The van der Waals surface area contributed by atoms with Crippen molar-refractivity contribution in [2.75, 3.05) is 10.6 Å². The Hall–Kier alpha value is -2.83. The number of carboxylic acid groups (broad SMARTS) is 1. The van der Waals surface area contributed by atoms with E-state index in [2.05, 4.69) is 20.6 Å². The van der Waals surface area contributed by atoms with Crippen molar-refractivity contribution in [1.82, 2.24) is 9.97 Å². The van der Waals surface area contributed by atoms with E-state index in [1.54, 1.807) is 30.5 Å². The smallest absolute Gasteiger partial charge is 0.335 e. The Kier molecular flexibility index (Phi) is 6.16. The summed E-state index contributed by atoms with van der Waals surface area (Å²) < 4.78 is 0. The van der Waals surface area contributed by atoms with Gasteiger partial charge in [-0.15, -0.1) is 12.4 Å². The highest BCUT2D eigenvalue weighted by Crippen LogP contribution is 2.24. The molecule has 0 aliphatic heterocycles. The zero-order valence-electron chi connectivity index (χ0n) is 12.8. The third kappa shape index (κ3) is 4.82. The van der Waals surface area contributed by atoms with Crippen molar-refractivity contribution < 1.29 is 9.90 Å². The van der Waals surface area contributed by atoms with Gasteiger partial charge in [0.1, 0.15) is 5.82 Å². The van der Waals surface area contributed by atoms with Gasteiger partial charge in [0.05, 0.1) is 16.3 Å². The average Bonchev–Trinajstić information content (AvgIpc) is 2.57. The SMILES string of the molecule is Cl.O=C(O)c1cccc(Nc2nccc(Nc3ccccc3Cl)n2)c1. The molecule has 0 atom stereocenters. The van der Waals surface area contributed by atoms with Crippen molar-refractivity contribution in [3.05, 3.63) is 71.4 Å². The van der Waals surface area contributed by atoms with Gasteiger partial charge in [-0.05, 0) is 36.4 Å². The molecule has 0 saturated heterocycles. The van der Waals surface area contributed by atoms with Crippen LogP contribution >= 0.6 is 24.0 Å². The van der Waals surface area contributed by atoms with Crippen LogP contribution in [0.4, 0.5) is 23.1 Å². The molecular weight excluding hydrogens is 363 g/mol. The monoisotopic (exact) mass is 376 g/mol. The molecule has 1 aromatic heterocycles. The molecule has 1 heterocycles. The van der Waals surface area contributed by atoms with Crippen LogP contribution in [0.3, 0.4) is 0 Å². The molecule has 0 saturated carbocycles. The zero-order valence-corrected chi connectivity index (χ0v) is 14.4. The van der Waals surface area contributed by atoms with Crippen molar-refractivity contribution >= 4 is 53.1 Å². The van der Waals surface area contributed by atoms with Gasteiger partial charge < -0.3 is 15.7 Å². The molecule has 3 aromatic rings. The maximum Gasteiger partial charge on any atom is 0.335 e. The summed E-state index contributed by atoms with van der Waals surface area (Å²) in [5, 5.41) is 15.7.